The minimum Gasteiger partial charge on any atom is -0.493 e. The second kappa shape index (κ2) is 7.06. The number of aromatic amines is 1. The van der Waals surface area contributed by atoms with Crippen LogP contribution in [0.25, 0.3) is 32.2 Å². The number of hydrogen-bond donors (Lipinski definition) is 2. The van der Waals surface area contributed by atoms with Crippen LogP contribution < -0.4 is 0 Å². The SMILES string of the molecule is Cc1ccc(-c2csc3ncnc(N=Nc4c(O)[nH]c5ccc(Br)cc45)c23)cc1. The molecule has 0 saturated carbocycles. The minimum atomic E-state index is -0.0313. The van der Waals surface area contributed by atoms with Crippen LogP contribution in [0.2, 0.25) is 0 Å². The lowest BCUT2D eigenvalue weighted by Crippen LogP contribution is -1.82. The maximum atomic E-state index is 10.3. The number of aryl methyl sites for hydroxylation is 1. The summed E-state index contributed by atoms with van der Waals surface area (Å²) in [5, 5.41) is 22.7. The first-order valence-corrected chi connectivity index (χ1v) is 10.5. The van der Waals surface area contributed by atoms with Gasteiger partial charge in [-0.1, -0.05) is 45.8 Å². The summed E-state index contributed by atoms with van der Waals surface area (Å²) in [6.45, 7) is 2.06. The van der Waals surface area contributed by atoms with E-state index in [1.54, 1.807) is 11.3 Å². The first kappa shape index (κ1) is 18.0. The summed E-state index contributed by atoms with van der Waals surface area (Å²) < 4.78 is 0.893. The number of benzene rings is 2. The zero-order chi connectivity index (χ0) is 20.0. The number of hydrogen-bond acceptors (Lipinski definition) is 6. The fourth-order valence-corrected chi connectivity index (χ4v) is 4.49. The number of thiophene rings is 1. The van der Waals surface area contributed by atoms with E-state index >= 15 is 0 Å². The van der Waals surface area contributed by atoms with Crippen LogP contribution in [0.4, 0.5) is 11.5 Å². The third kappa shape index (κ3) is 3.20. The average Bonchev–Trinajstić information content (AvgIpc) is 3.28. The molecular formula is C21H14BrN5OS. The van der Waals surface area contributed by atoms with Crippen molar-refractivity contribution in [3.8, 4) is 17.0 Å². The highest BCUT2D eigenvalue weighted by Gasteiger charge is 2.15. The summed E-state index contributed by atoms with van der Waals surface area (Å²) in [6.07, 6.45) is 1.48. The van der Waals surface area contributed by atoms with Gasteiger partial charge in [-0.05, 0) is 30.7 Å². The highest BCUT2D eigenvalue weighted by atomic mass is 79.9. The van der Waals surface area contributed by atoms with Crippen LogP contribution in [-0.2, 0) is 0 Å². The Bertz CT molecular complexity index is 1390. The molecule has 0 aliphatic carbocycles. The Morgan fingerprint density at radius 3 is 2.72 bits per heavy atom. The number of H-pyrrole nitrogens is 1. The monoisotopic (exact) mass is 463 g/mol. The predicted molar refractivity (Wildman–Crippen MR) is 119 cm³/mol. The zero-order valence-electron chi connectivity index (χ0n) is 15.2. The van der Waals surface area contributed by atoms with E-state index < -0.39 is 0 Å². The van der Waals surface area contributed by atoms with Crippen molar-refractivity contribution in [3.05, 3.63) is 64.2 Å². The van der Waals surface area contributed by atoms with E-state index in [1.807, 2.05) is 18.2 Å². The van der Waals surface area contributed by atoms with Gasteiger partial charge in [0.05, 0.1) is 10.9 Å². The van der Waals surface area contributed by atoms with Gasteiger partial charge >= 0.3 is 0 Å². The zero-order valence-corrected chi connectivity index (χ0v) is 17.6. The summed E-state index contributed by atoms with van der Waals surface area (Å²) in [5.74, 6) is 0.437. The topological polar surface area (TPSA) is 86.5 Å². The number of fused-ring (bicyclic) bond motifs is 2. The summed E-state index contributed by atoms with van der Waals surface area (Å²) in [6, 6.07) is 14.0. The summed E-state index contributed by atoms with van der Waals surface area (Å²) in [4.78, 5) is 12.5. The van der Waals surface area contributed by atoms with Crippen LogP contribution in [0.15, 0.2) is 68.9 Å². The second-order valence-electron chi connectivity index (χ2n) is 6.60. The first-order valence-electron chi connectivity index (χ1n) is 8.81. The van der Waals surface area contributed by atoms with E-state index in [1.165, 1.54) is 11.9 Å². The lowest BCUT2D eigenvalue weighted by atomic mass is 10.0. The van der Waals surface area contributed by atoms with Crippen LogP contribution in [0, 0.1) is 6.92 Å². The van der Waals surface area contributed by atoms with Crippen LogP contribution in [0.1, 0.15) is 5.56 Å². The van der Waals surface area contributed by atoms with Crippen molar-refractivity contribution in [2.24, 2.45) is 10.2 Å². The average molecular weight is 464 g/mol. The molecule has 0 atom stereocenters. The Balaban J connectivity index is 1.65. The van der Waals surface area contributed by atoms with Crippen molar-refractivity contribution in [1.82, 2.24) is 15.0 Å². The quantitative estimate of drug-likeness (QED) is 0.281. The predicted octanol–water partition coefficient (Wildman–Crippen LogP) is 7.03. The van der Waals surface area contributed by atoms with E-state index in [-0.39, 0.29) is 5.88 Å². The maximum Gasteiger partial charge on any atom is 0.218 e. The Morgan fingerprint density at radius 1 is 1.07 bits per heavy atom. The molecule has 0 saturated heterocycles. The van der Waals surface area contributed by atoms with Gasteiger partial charge in [-0.25, -0.2) is 9.97 Å². The highest BCUT2D eigenvalue weighted by molar-refractivity contribution is 9.10. The van der Waals surface area contributed by atoms with Gasteiger partial charge in [0.25, 0.3) is 0 Å². The molecular weight excluding hydrogens is 450 g/mol. The summed E-state index contributed by atoms with van der Waals surface area (Å²) in [5.41, 5.74) is 4.45. The minimum absolute atomic E-state index is 0.0313. The molecule has 5 aromatic rings. The van der Waals surface area contributed by atoms with Crippen molar-refractivity contribution < 1.29 is 5.11 Å². The number of rotatable bonds is 3. The molecule has 8 heteroatoms. The molecule has 6 nitrogen and oxygen atoms in total. The summed E-state index contributed by atoms with van der Waals surface area (Å²) in [7, 11) is 0. The lowest BCUT2D eigenvalue weighted by Gasteiger charge is -2.02. The standard InChI is InChI=1S/C21H14BrN5OS/c1-11-2-4-12(5-3-11)15-9-29-21-17(15)19(23-10-24-21)27-26-18-14-8-13(22)6-7-16(14)25-20(18)28/h2-10,25,28H,1H3. The van der Waals surface area contributed by atoms with Gasteiger partial charge < -0.3 is 10.1 Å². The van der Waals surface area contributed by atoms with Crippen molar-refractivity contribution in [3.63, 3.8) is 0 Å². The van der Waals surface area contributed by atoms with Gasteiger partial charge in [-0.3, -0.25) is 0 Å². The van der Waals surface area contributed by atoms with Gasteiger partial charge in [0.2, 0.25) is 5.88 Å². The highest BCUT2D eigenvalue weighted by Crippen LogP contribution is 2.40. The maximum absolute atomic E-state index is 10.3. The van der Waals surface area contributed by atoms with Gasteiger partial charge in [0.15, 0.2) is 11.5 Å². The molecule has 0 fully saturated rings. The van der Waals surface area contributed by atoms with E-state index in [0.717, 1.165) is 36.7 Å². The molecule has 2 N–H and O–H groups in total. The fourth-order valence-electron chi connectivity index (χ4n) is 3.22. The number of halogens is 1. The molecule has 5 rings (SSSR count). The molecule has 0 spiro atoms. The van der Waals surface area contributed by atoms with E-state index in [0.29, 0.717) is 11.5 Å². The Morgan fingerprint density at radius 2 is 1.90 bits per heavy atom. The second-order valence-corrected chi connectivity index (χ2v) is 8.38. The molecule has 2 aromatic carbocycles. The van der Waals surface area contributed by atoms with Crippen LogP contribution in [-0.4, -0.2) is 20.1 Å². The smallest absolute Gasteiger partial charge is 0.218 e. The molecule has 3 heterocycles. The van der Waals surface area contributed by atoms with E-state index in [4.69, 9.17) is 0 Å². The Kier molecular flexibility index (Phi) is 4.37. The number of nitrogens with zero attached hydrogens (tertiary/aromatic N) is 4. The van der Waals surface area contributed by atoms with Crippen molar-refractivity contribution >= 4 is 59.9 Å². The number of aromatic nitrogens is 3. The van der Waals surface area contributed by atoms with Crippen molar-refractivity contribution in [2.75, 3.05) is 0 Å². The molecule has 0 aliphatic rings. The lowest BCUT2D eigenvalue weighted by molar-refractivity contribution is 0.459. The molecule has 0 unspecified atom stereocenters. The van der Waals surface area contributed by atoms with Crippen molar-refractivity contribution in [1.29, 1.82) is 0 Å². The molecule has 29 heavy (non-hydrogen) atoms. The Hall–Kier alpha value is -3.10. The van der Waals surface area contributed by atoms with Gasteiger partial charge in [-0.2, -0.15) is 0 Å². The first-order chi connectivity index (χ1) is 14.1. The molecule has 142 valence electrons. The molecule has 0 bridgehead atoms. The number of nitrogens with one attached hydrogen (secondary N) is 1. The molecule has 0 radical (unpaired) electrons. The van der Waals surface area contributed by atoms with Crippen LogP contribution in [0.5, 0.6) is 5.88 Å². The molecule has 0 amide bonds. The molecule has 3 aromatic heterocycles. The number of azo groups is 1. The van der Waals surface area contributed by atoms with Gasteiger partial charge in [0, 0.05) is 20.8 Å². The number of aromatic hydroxyl groups is 1. The Labute approximate surface area is 178 Å². The third-order valence-electron chi connectivity index (χ3n) is 4.67. The summed E-state index contributed by atoms with van der Waals surface area (Å²) >= 11 is 5.00. The van der Waals surface area contributed by atoms with Crippen LogP contribution >= 0.6 is 27.3 Å². The van der Waals surface area contributed by atoms with Gasteiger partial charge in [-0.15, -0.1) is 21.6 Å². The molecule has 0 aliphatic heterocycles. The van der Waals surface area contributed by atoms with E-state index in [9.17, 15) is 5.11 Å². The van der Waals surface area contributed by atoms with Gasteiger partial charge in [0.1, 0.15) is 11.2 Å². The van der Waals surface area contributed by atoms with Crippen molar-refractivity contribution in [2.45, 2.75) is 6.92 Å². The largest absolute Gasteiger partial charge is 0.493 e. The van der Waals surface area contributed by atoms with E-state index in [2.05, 4.69) is 77.7 Å². The fraction of sp³-hybridized carbons (Fsp3) is 0.0476. The normalized spacial score (nSPS) is 11.8. The van der Waals surface area contributed by atoms with Crippen LogP contribution in [0.3, 0.4) is 0 Å². The third-order valence-corrected chi connectivity index (χ3v) is 6.05.